The van der Waals surface area contributed by atoms with E-state index in [1.54, 1.807) is 0 Å². The summed E-state index contributed by atoms with van der Waals surface area (Å²) in [5.74, 6) is -1.64. The molecule has 0 aliphatic carbocycles. The Bertz CT molecular complexity index is 1110. The number of ether oxygens (including phenoxy) is 3. The van der Waals surface area contributed by atoms with Crippen LogP contribution in [0.15, 0.2) is 47.4 Å². The second kappa shape index (κ2) is 10.6. The van der Waals surface area contributed by atoms with Crippen molar-refractivity contribution in [2.24, 2.45) is 0 Å². The fourth-order valence-corrected chi connectivity index (χ4v) is 4.71. The van der Waals surface area contributed by atoms with Crippen molar-refractivity contribution >= 4 is 21.8 Å². The van der Waals surface area contributed by atoms with E-state index in [0.717, 1.165) is 4.31 Å². The molecule has 2 aromatic rings. The zero-order valence-corrected chi connectivity index (χ0v) is 18.9. The van der Waals surface area contributed by atoms with Crippen molar-refractivity contribution < 1.29 is 36.6 Å². The lowest BCUT2D eigenvalue weighted by molar-refractivity contribution is -0.139. The minimum Gasteiger partial charge on any atom is -0.493 e. The molecule has 3 rings (SSSR count). The van der Waals surface area contributed by atoms with Gasteiger partial charge in [0, 0.05) is 19.2 Å². The van der Waals surface area contributed by atoms with Gasteiger partial charge in [0.05, 0.1) is 32.3 Å². The molecule has 2 N–H and O–H groups in total. The Morgan fingerprint density at radius 2 is 1.73 bits per heavy atom. The van der Waals surface area contributed by atoms with Gasteiger partial charge in [-0.15, -0.1) is 0 Å². The Balaban J connectivity index is 1.60. The van der Waals surface area contributed by atoms with Crippen LogP contribution < -0.4 is 20.1 Å². The van der Waals surface area contributed by atoms with Crippen molar-refractivity contribution in [3.8, 4) is 11.5 Å². The lowest BCUT2D eigenvalue weighted by Crippen LogP contribution is -2.47. The van der Waals surface area contributed by atoms with Crippen molar-refractivity contribution in [1.82, 2.24) is 14.9 Å². The first-order valence-electron chi connectivity index (χ1n) is 9.92. The molecule has 0 aromatic heterocycles. The highest BCUT2D eigenvalue weighted by molar-refractivity contribution is 7.89. The van der Waals surface area contributed by atoms with E-state index in [0.29, 0.717) is 11.3 Å². The molecule has 1 heterocycles. The number of carbonyl (C=O) groups excluding carboxylic acids is 2. The summed E-state index contributed by atoms with van der Waals surface area (Å²) in [4.78, 5) is 24.1. The summed E-state index contributed by atoms with van der Waals surface area (Å²) in [6.45, 7) is 0.0133. The van der Waals surface area contributed by atoms with Crippen LogP contribution in [0.4, 0.5) is 4.39 Å². The van der Waals surface area contributed by atoms with Gasteiger partial charge in [0.15, 0.2) is 11.5 Å². The largest absolute Gasteiger partial charge is 0.493 e. The van der Waals surface area contributed by atoms with E-state index in [9.17, 15) is 22.4 Å². The molecule has 1 aliphatic rings. The van der Waals surface area contributed by atoms with Crippen LogP contribution in [0.1, 0.15) is 5.56 Å². The summed E-state index contributed by atoms with van der Waals surface area (Å²) < 4.78 is 56.0. The normalized spacial score (nSPS) is 16.3. The fourth-order valence-electron chi connectivity index (χ4n) is 3.18. The number of nitrogens with zero attached hydrogens (tertiary/aromatic N) is 1. The van der Waals surface area contributed by atoms with Crippen LogP contribution in [-0.4, -0.2) is 64.7 Å². The molecular formula is C21H24FN3O7S. The third-order valence-corrected chi connectivity index (χ3v) is 6.80. The van der Waals surface area contributed by atoms with Crippen LogP contribution in [0, 0.1) is 5.82 Å². The van der Waals surface area contributed by atoms with Gasteiger partial charge in [0.1, 0.15) is 12.0 Å². The number of sulfonamides is 1. The van der Waals surface area contributed by atoms with Gasteiger partial charge in [-0.1, -0.05) is 12.1 Å². The third kappa shape index (κ3) is 5.78. The van der Waals surface area contributed by atoms with Crippen molar-refractivity contribution in [3.63, 3.8) is 0 Å². The van der Waals surface area contributed by atoms with Gasteiger partial charge >= 0.3 is 11.8 Å². The Labute approximate surface area is 190 Å². The van der Waals surface area contributed by atoms with Gasteiger partial charge in [0.25, 0.3) is 0 Å². The Morgan fingerprint density at radius 1 is 1.06 bits per heavy atom. The maximum Gasteiger partial charge on any atom is 0.309 e. The molecule has 0 saturated carbocycles. The molecule has 1 aliphatic heterocycles. The monoisotopic (exact) mass is 481 g/mol. The summed E-state index contributed by atoms with van der Waals surface area (Å²) in [5.41, 5.74) is 0.615. The van der Waals surface area contributed by atoms with E-state index >= 15 is 0 Å². The summed E-state index contributed by atoms with van der Waals surface area (Å²) in [7, 11) is -1.14. The number of halogens is 1. The SMILES string of the molecule is COc1ccc(S(=O)(=O)N2CCO[C@H]2CNC(=O)C(=O)NCc2ccc(F)cc2)cc1OC. The standard InChI is InChI=1S/C21H24FN3O7S/c1-30-17-8-7-16(11-18(17)31-2)33(28,29)25-9-10-32-19(25)13-24-21(27)20(26)23-12-14-3-5-15(22)6-4-14/h3-8,11,19H,9-10,12-13H2,1-2H3,(H,23,26)(H,24,27)/t19-/m0/s1. The highest BCUT2D eigenvalue weighted by Gasteiger charge is 2.37. The van der Waals surface area contributed by atoms with E-state index in [1.807, 2.05) is 0 Å². The van der Waals surface area contributed by atoms with Gasteiger partial charge in [-0.25, -0.2) is 12.8 Å². The number of carbonyl (C=O) groups is 2. The van der Waals surface area contributed by atoms with Crippen LogP contribution in [0.5, 0.6) is 11.5 Å². The number of hydrogen-bond acceptors (Lipinski definition) is 7. The molecule has 0 spiro atoms. The lowest BCUT2D eigenvalue weighted by atomic mass is 10.2. The maximum absolute atomic E-state index is 13.1. The van der Waals surface area contributed by atoms with Crippen molar-refractivity contribution in [2.75, 3.05) is 33.9 Å². The van der Waals surface area contributed by atoms with Crippen LogP contribution in [0.3, 0.4) is 0 Å². The Kier molecular flexibility index (Phi) is 7.84. The van der Waals surface area contributed by atoms with Gasteiger partial charge in [0.2, 0.25) is 10.0 Å². The molecule has 1 fully saturated rings. The maximum atomic E-state index is 13.1. The zero-order chi connectivity index (χ0) is 24.0. The number of rotatable bonds is 8. The average molecular weight is 482 g/mol. The molecule has 2 aromatic carbocycles. The van der Waals surface area contributed by atoms with Crippen LogP contribution in [0.2, 0.25) is 0 Å². The summed E-state index contributed by atoms with van der Waals surface area (Å²) in [6, 6.07) is 9.65. The third-order valence-electron chi connectivity index (χ3n) is 4.91. The van der Waals surface area contributed by atoms with Crippen molar-refractivity contribution in [2.45, 2.75) is 17.7 Å². The second-order valence-corrected chi connectivity index (χ2v) is 8.87. The Hall–Kier alpha value is -3.22. The molecule has 178 valence electrons. The second-order valence-electron chi connectivity index (χ2n) is 6.98. The predicted octanol–water partition coefficient (Wildman–Crippen LogP) is 0.623. The van der Waals surface area contributed by atoms with Crippen molar-refractivity contribution in [3.05, 3.63) is 53.8 Å². The van der Waals surface area contributed by atoms with E-state index in [1.165, 1.54) is 56.7 Å². The summed E-state index contributed by atoms with van der Waals surface area (Å²) in [6.07, 6.45) is -0.989. The van der Waals surface area contributed by atoms with Crippen LogP contribution in [0.25, 0.3) is 0 Å². The number of hydrogen-bond donors (Lipinski definition) is 2. The van der Waals surface area contributed by atoms with E-state index in [-0.39, 0.29) is 36.9 Å². The zero-order valence-electron chi connectivity index (χ0n) is 18.0. The smallest absolute Gasteiger partial charge is 0.309 e. The van der Waals surface area contributed by atoms with E-state index in [2.05, 4.69) is 10.6 Å². The summed E-state index contributed by atoms with van der Waals surface area (Å²) >= 11 is 0. The molecule has 0 radical (unpaired) electrons. The van der Waals surface area contributed by atoms with Crippen molar-refractivity contribution in [1.29, 1.82) is 0 Å². The highest BCUT2D eigenvalue weighted by atomic mass is 32.2. The van der Waals surface area contributed by atoms with Gasteiger partial charge < -0.3 is 24.8 Å². The fraction of sp³-hybridized carbons (Fsp3) is 0.333. The first-order valence-corrected chi connectivity index (χ1v) is 11.4. The topological polar surface area (TPSA) is 123 Å². The minimum absolute atomic E-state index is 0.0287. The van der Waals surface area contributed by atoms with E-state index < -0.39 is 33.9 Å². The molecule has 1 saturated heterocycles. The van der Waals surface area contributed by atoms with Gasteiger partial charge in [-0.05, 0) is 29.8 Å². The van der Waals surface area contributed by atoms with E-state index in [4.69, 9.17) is 14.2 Å². The van der Waals surface area contributed by atoms with Gasteiger partial charge in [-0.2, -0.15) is 4.31 Å². The molecular weight excluding hydrogens is 457 g/mol. The number of benzene rings is 2. The number of amides is 2. The number of methoxy groups -OCH3 is 2. The van der Waals surface area contributed by atoms with Crippen LogP contribution in [-0.2, 0) is 30.9 Å². The quantitative estimate of drug-likeness (QED) is 0.530. The first-order chi connectivity index (χ1) is 15.8. The molecule has 2 amide bonds. The molecule has 0 unspecified atom stereocenters. The van der Waals surface area contributed by atoms with Gasteiger partial charge in [-0.3, -0.25) is 9.59 Å². The highest BCUT2D eigenvalue weighted by Crippen LogP contribution is 2.31. The molecule has 10 nitrogen and oxygen atoms in total. The molecule has 0 bridgehead atoms. The molecule has 33 heavy (non-hydrogen) atoms. The lowest BCUT2D eigenvalue weighted by Gasteiger charge is -2.23. The summed E-state index contributed by atoms with van der Waals surface area (Å²) in [5, 5.41) is 4.79. The molecule has 12 heteroatoms. The van der Waals surface area contributed by atoms with Crippen LogP contribution >= 0.6 is 0 Å². The minimum atomic E-state index is -3.97. The molecule has 1 atom stereocenters. The average Bonchev–Trinajstić information content (AvgIpc) is 3.31. The number of nitrogens with one attached hydrogen (secondary N) is 2. The predicted molar refractivity (Wildman–Crippen MR) is 114 cm³/mol. The Morgan fingerprint density at radius 3 is 2.39 bits per heavy atom. The first kappa shape index (κ1) is 24.4.